The topological polar surface area (TPSA) is 120 Å². The first-order valence-electron chi connectivity index (χ1n) is 18.7. The number of amides is 3. The van der Waals surface area contributed by atoms with Gasteiger partial charge in [-0.05, 0) is 106 Å². The van der Waals surface area contributed by atoms with E-state index in [-0.39, 0.29) is 41.1 Å². The van der Waals surface area contributed by atoms with Crippen LogP contribution in [0.4, 0.5) is 15.8 Å². The second kappa shape index (κ2) is 14.4. The number of nitrogens with one attached hydrogen (secondary N) is 2. The third-order valence-electron chi connectivity index (χ3n) is 12.2. The summed E-state index contributed by atoms with van der Waals surface area (Å²) in [6, 6.07) is 11.8. The molecule has 276 valence electrons. The predicted octanol–water partition coefficient (Wildman–Crippen LogP) is 4.48. The lowest BCUT2D eigenvalue weighted by molar-refractivity contribution is -0.134. The predicted molar refractivity (Wildman–Crippen MR) is 198 cm³/mol. The minimum absolute atomic E-state index is 0.0785. The zero-order chi connectivity index (χ0) is 36.7. The van der Waals surface area contributed by atoms with Gasteiger partial charge in [-0.15, -0.1) is 0 Å². The van der Waals surface area contributed by atoms with Crippen molar-refractivity contribution in [3.8, 4) is 0 Å². The quantitative estimate of drug-likeness (QED) is 0.360. The molecule has 1 spiro atoms. The van der Waals surface area contributed by atoms with Crippen molar-refractivity contribution in [3.05, 3.63) is 86.6 Å². The average molecular weight is 712 g/mol. The summed E-state index contributed by atoms with van der Waals surface area (Å²) >= 11 is 0. The Bertz CT molecular complexity index is 1890. The Hall–Kier alpha value is -4.58. The van der Waals surface area contributed by atoms with Crippen LogP contribution in [0, 0.1) is 25.1 Å². The lowest BCUT2D eigenvalue weighted by Crippen LogP contribution is -2.48. The van der Waals surface area contributed by atoms with Crippen molar-refractivity contribution in [2.75, 3.05) is 56.5 Å². The smallest absolute Gasteiger partial charge is 0.271 e. The number of halogens is 1. The highest BCUT2D eigenvalue weighted by atomic mass is 19.1. The van der Waals surface area contributed by atoms with Crippen LogP contribution in [-0.4, -0.2) is 89.7 Å². The molecule has 3 unspecified atom stereocenters. The summed E-state index contributed by atoms with van der Waals surface area (Å²) in [5, 5.41) is 10.1. The molecule has 7 rings (SSSR count). The molecule has 2 N–H and O–H groups in total. The number of likely N-dealkylation sites (N-methyl/N-ethyl adjacent to an activating group) is 1. The van der Waals surface area contributed by atoms with Crippen LogP contribution in [0.2, 0.25) is 0 Å². The standard InChI is InChI=1S/C40H50FN7O4/c1-25-19-31(21-33(41)36(25)32-9-10-35(49)44-37(32)50)47-15-11-40(12-16-47)13-17-48(18-14-40)39(52)28-7-5-27(6-8-28)29-20-30(24-45(3)23-29)43-34-22-42-46(4)38(51)26(34)2/h5-8,19,21-22,29-30,32,43H,9-18,20,23-24H2,1-4H3,(H,44,49,50). The van der Waals surface area contributed by atoms with Gasteiger partial charge >= 0.3 is 0 Å². The van der Waals surface area contributed by atoms with Gasteiger partial charge in [0.05, 0.1) is 17.8 Å². The van der Waals surface area contributed by atoms with Gasteiger partial charge in [-0.2, -0.15) is 5.10 Å². The molecule has 4 aliphatic rings. The molecule has 0 saturated carbocycles. The molecule has 2 aromatic carbocycles. The minimum Gasteiger partial charge on any atom is -0.379 e. The summed E-state index contributed by atoms with van der Waals surface area (Å²) in [6.07, 6.45) is 7.08. The normalized spacial score (nSPS) is 23.8. The number of likely N-dealkylation sites (tertiary alicyclic amines) is 2. The zero-order valence-electron chi connectivity index (χ0n) is 30.7. The van der Waals surface area contributed by atoms with E-state index in [1.807, 2.05) is 36.9 Å². The molecule has 11 nitrogen and oxygen atoms in total. The number of anilines is 2. The Morgan fingerprint density at radius 3 is 2.33 bits per heavy atom. The van der Waals surface area contributed by atoms with E-state index in [0.717, 1.165) is 88.3 Å². The van der Waals surface area contributed by atoms with Crippen molar-refractivity contribution in [1.82, 2.24) is 24.9 Å². The van der Waals surface area contributed by atoms with Gasteiger partial charge in [-0.3, -0.25) is 24.5 Å². The molecule has 52 heavy (non-hydrogen) atoms. The van der Waals surface area contributed by atoms with Gasteiger partial charge in [0.25, 0.3) is 11.5 Å². The Kier molecular flexibility index (Phi) is 9.95. The van der Waals surface area contributed by atoms with Gasteiger partial charge in [-0.1, -0.05) is 12.1 Å². The number of aromatic nitrogens is 2. The number of nitrogens with zero attached hydrogens (tertiary/aromatic N) is 5. The lowest BCUT2D eigenvalue weighted by Gasteiger charge is -2.47. The van der Waals surface area contributed by atoms with Gasteiger partial charge in [0.2, 0.25) is 11.8 Å². The molecule has 0 radical (unpaired) electrons. The van der Waals surface area contributed by atoms with Crippen LogP contribution < -0.4 is 21.1 Å². The molecular formula is C40H50FN7O4. The molecular weight excluding hydrogens is 661 g/mol. The Morgan fingerprint density at radius 2 is 1.65 bits per heavy atom. The fourth-order valence-electron chi connectivity index (χ4n) is 9.02. The maximum Gasteiger partial charge on any atom is 0.271 e. The second-order valence-corrected chi connectivity index (χ2v) is 15.7. The molecule has 3 atom stereocenters. The van der Waals surface area contributed by atoms with E-state index in [1.165, 1.54) is 10.2 Å². The van der Waals surface area contributed by atoms with Gasteiger partial charge in [-0.25, -0.2) is 9.07 Å². The summed E-state index contributed by atoms with van der Waals surface area (Å²) in [5.41, 5.74) is 5.41. The van der Waals surface area contributed by atoms with E-state index in [9.17, 15) is 19.2 Å². The molecule has 4 saturated heterocycles. The van der Waals surface area contributed by atoms with Crippen molar-refractivity contribution in [3.63, 3.8) is 0 Å². The number of rotatable bonds is 6. The number of carbonyl (C=O) groups is 3. The molecule has 5 heterocycles. The van der Waals surface area contributed by atoms with Crippen molar-refractivity contribution >= 4 is 29.1 Å². The molecule has 0 bridgehead atoms. The first-order chi connectivity index (χ1) is 24.9. The van der Waals surface area contributed by atoms with Crippen LogP contribution in [0.3, 0.4) is 0 Å². The summed E-state index contributed by atoms with van der Waals surface area (Å²) in [6.45, 7) is 8.56. The second-order valence-electron chi connectivity index (χ2n) is 15.7. The van der Waals surface area contributed by atoms with Crippen molar-refractivity contribution in [2.24, 2.45) is 12.5 Å². The average Bonchev–Trinajstić information content (AvgIpc) is 3.12. The monoisotopic (exact) mass is 711 g/mol. The van der Waals surface area contributed by atoms with E-state index in [1.54, 1.807) is 19.3 Å². The van der Waals surface area contributed by atoms with Gasteiger partial charge in [0.1, 0.15) is 5.82 Å². The number of carbonyl (C=O) groups excluding carboxylic acids is 3. The van der Waals surface area contributed by atoms with Crippen molar-refractivity contribution in [2.45, 2.75) is 76.7 Å². The zero-order valence-corrected chi connectivity index (χ0v) is 30.7. The molecule has 3 amide bonds. The van der Waals surface area contributed by atoms with E-state index < -0.39 is 11.8 Å². The molecule has 4 fully saturated rings. The maximum atomic E-state index is 15.4. The van der Waals surface area contributed by atoms with E-state index in [0.29, 0.717) is 29.0 Å². The third kappa shape index (κ3) is 7.22. The highest BCUT2D eigenvalue weighted by Gasteiger charge is 2.39. The number of imide groups is 1. The van der Waals surface area contributed by atoms with Crippen LogP contribution in [-0.2, 0) is 16.6 Å². The first-order valence-corrected chi connectivity index (χ1v) is 18.7. The number of hydrogen-bond donors (Lipinski definition) is 2. The SMILES string of the molecule is Cc1cc(N2CCC3(CCN(C(=O)c4ccc(C5CC(Nc6cnn(C)c(=O)c6C)CN(C)C5)cc4)CC3)CC2)cc(F)c1C1CCC(=O)NC1=O. The number of benzene rings is 2. The van der Waals surface area contributed by atoms with Crippen LogP contribution in [0.5, 0.6) is 0 Å². The van der Waals surface area contributed by atoms with Crippen molar-refractivity contribution < 1.29 is 18.8 Å². The molecule has 12 heteroatoms. The lowest BCUT2D eigenvalue weighted by atomic mass is 9.71. The molecule has 1 aromatic heterocycles. The number of hydrogen-bond acceptors (Lipinski definition) is 8. The van der Waals surface area contributed by atoms with Gasteiger partial charge in [0.15, 0.2) is 0 Å². The highest BCUT2D eigenvalue weighted by molar-refractivity contribution is 6.01. The Balaban J connectivity index is 0.921. The third-order valence-corrected chi connectivity index (χ3v) is 12.2. The largest absolute Gasteiger partial charge is 0.379 e. The Labute approximate surface area is 304 Å². The van der Waals surface area contributed by atoms with E-state index in [4.69, 9.17) is 0 Å². The van der Waals surface area contributed by atoms with E-state index in [2.05, 4.69) is 44.7 Å². The summed E-state index contributed by atoms with van der Waals surface area (Å²) in [4.78, 5) is 56.6. The first kappa shape index (κ1) is 35.8. The summed E-state index contributed by atoms with van der Waals surface area (Å²) < 4.78 is 16.8. The van der Waals surface area contributed by atoms with E-state index >= 15 is 4.39 Å². The number of aryl methyl sites for hydroxylation is 2. The minimum atomic E-state index is -0.640. The Morgan fingerprint density at radius 1 is 0.962 bits per heavy atom. The maximum absolute atomic E-state index is 15.4. The van der Waals surface area contributed by atoms with Crippen LogP contribution in [0.15, 0.2) is 47.4 Å². The van der Waals surface area contributed by atoms with Crippen molar-refractivity contribution in [1.29, 1.82) is 0 Å². The van der Waals surface area contributed by atoms with Gasteiger partial charge < -0.3 is 20.0 Å². The molecule has 4 aliphatic heterocycles. The highest BCUT2D eigenvalue weighted by Crippen LogP contribution is 2.43. The fourth-order valence-corrected chi connectivity index (χ4v) is 9.02. The van der Waals surface area contributed by atoms with Crippen LogP contribution >= 0.6 is 0 Å². The van der Waals surface area contributed by atoms with Crippen LogP contribution in [0.25, 0.3) is 0 Å². The summed E-state index contributed by atoms with van der Waals surface area (Å²) in [7, 11) is 3.77. The fraction of sp³-hybridized carbons (Fsp3) is 0.525. The molecule has 3 aromatic rings. The molecule has 0 aliphatic carbocycles. The van der Waals surface area contributed by atoms with Crippen LogP contribution in [0.1, 0.15) is 89.4 Å². The number of piperidine rings is 4. The summed E-state index contributed by atoms with van der Waals surface area (Å²) in [5.74, 6) is -1.38. The van der Waals surface area contributed by atoms with Gasteiger partial charge in [0, 0.05) is 81.2 Å².